The largest absolute Gasteiger partial charge is 0.480 e. The maximum Gasteiger partial charge on any atom is 0.407 e. The molecule has 0 aliphatic heterocycles. The van der Waals surface area contributed by atoms with Crippen LogP contribution in [-0.2, 0) is 20.8 Å². The summed E-state index contributed by atoms with van der Waals surface area (Å²) in [5.74, 6) is -0.704. The summed E-state index contributed by atoms with van der Waals surface area (Å²) in [5.41, 5.74) is -0.573. The van der Waals surface area contributed by atoms with Crippen LogP contribution in [0.1, 0.15) is 62.3 Å². The number of amides is 1. The molecule has 0 atom stereocenters. The van der Waals surface area contributed by atoms with Gasteiger partial charge >= 0.3 is 20.5 Å². The summed E-state index contributed by atoms with van der Waals surface area (Å²) < 4.78 is 29.3. The smallest absolute Gasteiger partial charge is 0.407 e. The fraction of sp³-hybridized carbons (Fsp3) is 0.773. The quantitative estimate of drug-likeness (QED) is 0.262. The Morgan fingerprint density at radius 1 is 1.09 bits per heavy atom. The van der Waals surface area contributed by atoms with Gasteiger partial charge in [0.25, 0.3) is 0 Å². The number of carboxylic acids is 1. The number of carbonyl (C=O) groups excluding carboxylic acids is 1. The number of aliphatic carboxylic acids is 1. The molecule has 0 radical (unpaired) electrons. The molecule has 1 amide bonds. The average Bonchev–Trinajstić information content (AvgIpc) is 3.02. The summed E-state index contributed by atoms with van der Waals surface area (Å²) in [7, 11) is -3.64. The van der Waals surface area contributed by atoms with Gasteiger partial charge in [-0.05, 0) is 30.8 Å². The number of halogens is 1. The fourth-order valence-electron chi connectivity index (χ4n) is 3.80. The van der Waals surface area contributed by atoms with Crippen LogP contribution in [0.5, 0.6) is 0 Å². The predicted octanol–water partition coefficient (Wildman–Crippen LogP) is 3.64. The highest BCUT2D eigenvalue weighted by atomic mass is 28.4. The second-order valence-corrected chi connectivity index (χ2v) is 15.9. The average molecular weight is 489 g/mol. The van der Waals surface area contributed by atoms with Crippen molar-refractivity contribution < 1.29 is 28.3 Å². The van der Waals surface area contributed by atoms with Crippen LogP contribution in [0.25, 0.3) is 0 Å². The first-order valence-electron chi connectivity index (χ1n) is 11.2. The van der Waals surface area contributed by atoms with E-state index in [1.54, 1.807) is 31.5 Å². The minimum absolute atomic E-state index is 0.252. The van der Waals surface area contributed by atoms with E-state index in [9.17, 15) is 9.59 Å². The number of anilines is 1. The van der Waals surface area contributed by atoms with Gasteiger partial charge < -0.3 is 29.3 Å². The van der Waals surface area contributed by atoms with Gasteiger partial charge in [0, 0.05) is 12.6 Å². The van der Waals surface area contributed by atoms with Crippen molar-refractivity contribution in [3.63, 3.8) is 0 Å². The Bertz CT molecular complexity index is 795. The molecule has 0 aliphatic rings. The molecule has 190 valence electrons. The Morgan fingerprint density at radius 3 is 2.15 bits per heavy atom. The molecular formula is C22H41FN4O5Si. The van der Waals surface area contributed by atoms with Crippen LogP contribution in [0.3, 0.4) is 0 Å². The van der Waals surface area contributed by atoms with Gasteiger partial charge in [0.05, 0.1) is 25.1 Å². The number of alkyl carbamates (subject to hydrolysis) is 1. The normalized spacial score (nSPS) is 13.0. The molecule has 0 saturated heterocycles. The van der Waals surface area contributed by atoms with E-state index in [0.29, 0.717) is 17.7 Å². The molecule has 3 N–H and O–H groups in total. The number of ether oxygens (including phenoxy) is 2. The molecule has 11 heteroatoms. The van der Waals surface area contributed by atoms with Crippen molar-refractivity contribution in [2.24, 2.45) is 0 Å². The summed E-state index contributed by atoms with van der Waals surface area (Å²) in [6, 6.07) is 1.63. The van der Waals surface area contributed by atoms with E-state index in [2.05, 4.69) is 15.7 Å². The third-order valence-corrected chi connectivity index (χ3v) is 10.2. The van der Waals surface area contributed by atoms with Crippen molar-refractivity contribution in [1.29, 1.82) is 0 Å². The summed E-state index contributed by atoms with van der Waals surface area (Å²) in [6.07, 6.45) is -0.516. The lowest BCUT2D eigenvalue weighted by Gasteiger charge is -2.44. The van der Waals surface area contributed by atoms with Gasteiger partial charge in [0.1, 0.15) is 18.0 Å². The summed E-state index contributed by atoms with van der Waals surface area (Å²) >= 11 is 0. The van der Waals surface area contributed by atoms with Gasteiger partial charge in [-0.15, -0.1) is 0 Å². The molecular weight excluding hydrogens is 447 g/mol. The maximum absolute atomic E-state index is 16.9. The van der Waals surface area contributed by atoms with Crippen molar-refractivity contribution in [2.75, 3.05) is 31.6 Å². The van der Waals surface area contributed by atoms with E-state index in [4.69, 9.17) is 14.6 Å². The molecule has 0 unspecified atom stereocenters. The van der Waals surface area contributed by atoms with Crippen molar-refractivity contribution in [3.05, 3.63) is 6.07 Å². The van der Waals surface area contributed by atoms with Crippen molar-refractivity contribution in [2.45, 2.75) is 84.5 Å². The standard InChI is InChI=1S/C22H41FN4O5Si/c1-20(2,3)32-19(30)24-10-12-31-13-11-27-17(14-16(26-27)25-15-18(28)29)33(23,21(4,5)6)22(7,8)9/h14H,10-13,15H2,1-9H3,(H,24,30)(H,25,26)(H,28,29). The van der Waals surface area contributed by atoms with Crippen molar-refractivity contribution in [3.8, 4) is 0 Å². The van der Waals surface area contributed by atoms with E-state index in [0.717, 1.165) is 0 Å². The highest BCUT2D eigenvalue weighted by molar-refractivity contribution is 6.90. The third kappa shape index (κ3) is 8.29. The van der Waals surface area contributed by atoms with Crippen LogP contribution in [0, 0.1) is 0 Å². The molecule has 1 heterocycles. The minimum Gasteiger partial charge on any atom is -0.480 e. The molecule has 1 aromatic heterocycles. The fourth-order valence-corrected chi connectivity index (χ4v) is 8.44. The van der Waals surface area contributed by atoms with E-state index >= 15 is 4.11 Å². The third-order valence-electron chi connectivity index (χ3n) is 4.98. The first-order valence-corrected chi connectivity index (χ1v) is 13.0. The summed E-state index contributed by atoms with van der Waals surface area (Å²) in [4.78, 5) is 22.6. The Kier molecular flexibility index (Phi) is 9.50. The van der Waals surface area contributed by atoms with Gasteiger partial charge in [0.2, 0.25) is 0 Å². The lowest BCUT2D eigenvalue weighted by atomic mass is 10.2. The zero-order chi connectivity index (χ0) is 25.7. The van der Waals surface area contributed by atoms with Crippen molar-refractivity contribution >= 4 is 31.6 Å². The maximum atomic E-state index is 16.9. The number of nitrogens with zero attached hydrogens (tertiary/aromatic N) is 2. The zero-order valence-electron chi connectivity index (χ0n) is 21.5. The second-order valence-electron chi connectivity index (χ2n) is 11.1. The number of hydrogen-bond donors (Lipinski definition) is 3. The van der Waals surface area contributed by atoms with Gasteiger partial charge in [-0.25, -0.2) is 4.79 Å². The van der Waals surface area contributed by atoms with Crippen molar-refractivity contribution in [1.82, 2.24) is 15.1 Å². The molecule has 1 aromatic rings. The Morgan fingerprint density at radius 2 is 1.67 bits per heavy atom. The molecule has 1 rings (SSSR count). The zero-order valence-corrected chi connectivity index (χ0v) is 22.5. The summed E-state index contributed by atoms with van der Waals surface area (Å²) in [5, 5.41) is 18.0. The van der Waals surface area contributed by atoms with Gasteiger partial charge in [-0.2, -0.15) is 5.10 Å². The Labute approximate surface area is 197 Å². The lowest BCUT2D eigenvalue weighted by molar-refractivity contribution is -0.134. The molecule has 0 aromatic carbocycles. The number of rotatable bonds is 10. The molecule has 33 heavy (non-hydrogen) atoms. The van der Waals surface area contributed by atoms with E-state index in [1.807, 2.05) is 41.5 Å². The number of aromatic nitrogens is 2. The van der Waals surface area contributed by atoms with E-state index < -0.39 is 36.1 Å². The molecule has 0 aliphatic carbocycles. The Hall–Kier alpha value is -2.14. The molecule has 0 fully saturated rings. The van der Waals surface area contributed by atoms with Crippen LogP contribution < -0.4 is 16.0 Å². The Balaban J connectivity index is 2.92. The number of nitrogens with one attached hydrogen (secondary N) is 2. The topological polar surface area (TPSA) is 115 Å². The number of carbonyl (C=O) groups is 2. The van der Waals surface area contributed by atoms with Crippen LogP contribution >= 0.6 is 0 Å². The van der Waals surface area contributed by atoms with E-state index in [-0.39, 0.29) is 26.3 Å². The monoisotopic (exact) mass is 488 g/mol. The second kappa shape index (κ2) is 10.9. The van der Waals surface area contributed by atoms with Crippen LogP contribution in [-0.4, -0.2) is 67.3 Å². The van der Waals surface area contributed by atoms with Crippen LogP contribution in [0.4, 0.5) is 14.7 Å². The van der Waals surface area contributed by atoms with Gasteiger partial charge in [-0.3, -0.25) is 9.48 Å². The van der Waals surface area contributed by atoms with Gasteiger partial charge in [-0.1, -0.05) is 41.5 Å². The highest BCUT2D eigenvalue weighted by Crippen LogP contribution is 2.51. The summed E-state index contributed by atoms with van der Waals surface area (Å²) in [6.45, 7) is 17.5. The SMILES string of the molecule is CC(C)(C)OC(=O)NCCOCCn1nc(NCC(=O)O)cc1[Si](F)(C(C)(C)C)C(C)(C)C. The van der Waals surface area contributed by atoms with Crippen LogP contribution in [0.2, 0.25) is 10.1 Å². The molecule has 0 saturated carbocycles. The minimum atomic E-state index is -3.64. The lowest BCUT2D eigenvalue weighted by Crippen LogP contribution is -2.60. The molecule has 0 spiro atoms. The molecule has 9 nitrogen and oxygen atoms in total. The highest BCUT2D eigenvalue weighted by Gasteiger charge is 2.58. The first-order chi connectivity index (χ1) is 14.9. The van der Waals surface area contributed by atoms with Crippen LogP contribution in [0.15, 0.2) is 6.07 Å². The first kappa shape index (κ1) is 28.9. The number of hydrogen-bond acceptors (Lipinski definition) is 6. The van der Waals surface area contributed by atoms with E-state index in [1.165, 1.54) is 0 Å². The van der Waals surface area contributed by atoms with Gasteiger partial charge in [0.15, 0.2) is 0 Å². The predicted molar refractivity (Wildman–Crippen MR) is 129 cm³/mol. The number of carboxylic acid groups (broad SMARTS) is 1. The molecule has 0 bridgehead atoms.